The Balaban J connectivity index is 1.71. The number of fused-ring (bicyclic) bond motifs is 1. The lowest BCUT2D eigenvalue weighted by atomic mass is 10.1. The minimum atomic E-state index is 0.413. The second-order valence-electron chi connectivity index (χ2n) is 5.95. The van der Waals surface area contributed by atoms with E-state index in [4.69, 9.17) is 13.3 Å². The zero-order valence-electron chi connectivity index (χ0n) is 14.4. The summed E-state index contributed by atoms with van der Waals surface area (Å²) in [4.78, 5) is 13.2. The molecule has 0 unspecified atom stereocenters. The van der Waals surface area contributed by atoms with Gasteiger partial charge in [-0.2, -0.15) is 0 Å². The quantitative estimate of drug-likeness (QED) is 0.312. The molecule has 0 aliphatic rings. The first-order valence-corrected chi connectivity index (χ1v) is 9.24. The van der Waals surface area contributed by atoms with Gasteiger partial charge in [0.15, 0.2) is 17.3 Å². The lowest BCUT2D eigenvalue weighted by Gasteiger charge is -1.99. The van der Waals surface area contributed by atoms with E-state index in [1.807, 2.05) is 42.5 Å². The number of hydrogen-bond acceptors (Lipinski definition) is 6. The highest BCUT2D eigenvalue weighted by atomic mass is 79.9. The zero-order chi connectivity index (χ0) is 18.9. The van der Waals surface area contributed by atoms with Crippen LogP contribution in [0.3, 0.4) is 0 Å². The number of aliphatic imine (C=N–C) groups is 1. The molecule has 0 saturated carbocycles. The Bertz CT molecular complexity index is 1250. The van der Waals surface area contributed by atoms with Gasteiger partial charge in [0.2, 0.25) is 5.71 Å². The van der Waals surface area contributed by atoms with Crippen molar-refractivity contribution in [3.8, 4) is 22.8 Å². The molecule has 4 heterocycles. The zero-order valence-corrected chi connectivity index (χ0v) is 16.0. The minimum Gasteiger partial charge on any atom is -0.464 e. The fourth-order valence-electron chi connectivity index (χ4n) is 2.94. The van der Waals surface area contributed by atoms with E-state index in [9.17, 15) is 0 Å². The molecule has 0 aliphatic heterocycles. The van der Waals surface area contributed by atoms with Gasteiger partial charge >= 0.3 is 0 Å². The van der Waals surface area contributed by atoms with Gasteiger partial charge in [0.25, 0.3) is 0 Å². The molecule has 0 radical (unpaired) electrons. The summed E-state index contributed by atoms with van der Waals surface area (Å²) in [7, 11) is 0. The number of benzene rings is 1. The van der Waals surface area contributed by atoms with Crippen LogP contribution in [0.2, 0.25) is 0 Å². The smallest absolute Gasteiger partial charge is 0.232 e. The van der Waals surface area contributed by atoms with Crippen LogP contribution in [-0.4, -0.2) is 16.2 Å². The second kappa shape index (κ2) is 6.94. The van der Waals surface area contributed by atoms with E-state index in [2.05, 4.69) is 30.9 Å². The Labute approximate surface area is 167 Å². The Morgan fingerprint density at radius 2 is 1.64 bits per heavy atom. The summed E-state index contributed by atoms with van der Waals surface area (Å²) in [6, 6.07) is 15.1. The van der Waals surface area contributed by atoms with Gasteiger partial charge in [-0.25, -0.2) is 15.0 Å². The monoisotopic (exact) mass is 433 g/mol. The summed E-state index contributed by atoms with van der Waals surface area (Å²) in [5.74, 6) is 2.21. The first kappa shape index (κ1) is 16.7. The molecule has 7 heteroatoms. The van der Waals surface area contributed by atoms with E-state index in [0.29, 0.717) is 39.8 Å². The molecular weight excluding hydrogens is 422 g/mol. The average molecular weight is 434 g/mol. The lowest BCUT2D eigenvalue weighted by molar-refractivity contribution is 0.536. The maximum Gasteiger partial charge on any atom is 0.232 e. The molecule has 0 spiro atoms. The Morgan fingerprint density at radius 3 is 2.36 bits per heavy atom. The third-order valence-corrected chi connectivity index (χ3v) is 4.72. The summed E-state index contributed by atoms with van der Waals surface area (Å²) in [6.07, 6.45) is 6.37. The molecule has 0 aliphatic carbocycles. The fourth-order valence-corrected chi connectivity index (χ4v) is 3.20. The summed E-state index contributed by atoms with van der Waals surface area (Å²) >= 11 is 3.43. The van der Waals surface area contributed by atoms with Crippen molar-refractivity contribution < 1.29 is 13.3 Å². The van der Waals surface area contributed by atoms with E-state index >= 15 is 0 Å². The van der Waals surface area contributed by atoms with E-state index in [1.165, 1.54) is 6.33 Å². The van der Waals surface area contributed by atoms with Crippen molar-refractivity contribution >= 4 is 39.1 Å². The van der Waals surface area contributed by atoms with Gasteiger partial charge in [0.1, 0.15) is 12.1 Å². The summed E-state index contributed by atoms with van der Waals surface area (Å²) in [5.41, 5.74) is 2.07. The van der Waals surface area contributed by atoms with Gasteiger partial charge in [-0.1, -0.05) is 28.1 Å². The number of nitrogens with zero attached hydrogens (tertiary/aromatic N) is 3. The predicted octanol–water partition coefficient (Wildman–Crippen LogP) is 6.26. The van der Waals surface area contributed by atoms with Gasteiger partial charge in [-0.05, 0) is 42.0 Å². The van der Waals surface area contributed by atoms with Gasteiger partial charge in [0, 0.05) is 10.7 Å². The molecule has 0 bridgehead atoms. The SMILES string of the molecule is Brc1ccc(C=Nc2ncnc3oc(-c4ccco4)c(-c4ccco4)c23)cc1. The minimum absolute atomic E-state index is 0.413. The standard InChI is InChI=1S/C21H12BrN3O3/c22-14-7-5-13(6-8-14)11-23-20-18-17(15-3-1-9-26-15)19(16-4-2-10-27-16)28-21(18)25-12-24-20/h1-12H. The second-order valence-corrected chi connectivity index (χ2v) is 6.86. The number of rotatable bonds is 4. The largest absolute Gasteiger partial charge is 0.464 e. The number of furan rings is 3. The van der Waals surface area contributed by atoms with Crippen LogP contribution in [0.15, 0.2) is 90.1 Å². The molecule has 136 valence electrons. The molecule has 5 rings (SSSR count). The van der Waals surface area contributed by atoms with Crippen LogP contribution in [-0.2, 0) is 0 Å². The number of hydrogen-bond donors (Lipinski definition) is 0. The van der Waals surface area contributed by atoms with Crippen LogP contribution in [0.5, 0.6) is 0 Å². The maximum absolute atomic E-state index is 5.99. The number of aromatic nitrogens is 2. The third kappa shape index (κ3) is 2.95. The van der Waals surface area contributed by atoms with Crippen LogP contribution in [0.1, 0.15) is 5.56 Å². The first-order valence-electron chi connectivity index (χ1n) is 8.44. The molecule has 0 fully saturated rings. The molecule has 0 N–H and O–H groups in total. The molecular formula is C21H12BrN3O3. The molecule has 0 saturated heterocycles. The third-order valence-electron chi connectivity index (χ3n) is 4.19. The van der Waals surface area contributed by atoms with Crippen molar-refractivity contribution in [2.45, 2.75) is 0 Å². The molecule has 4 aromatic heterocycles. The van der Waals surface area contributed by atoms with Crippen LogP contribution in [0.4, 0.5) is 5.82 Å². The summed E-state index contributed by atoms with van der Waals surface area (Å²) in [5, 5.41) is 0.664. The normalized spacial score (nSPS) is 11.6. The van der Waals surface area contributed by atoms with Crippen molar-refractivity contribution in [3.05, 3.63) is 77.4 Å². The van der Waals surface area contributed by atoms with Crippen molar-refractivity contribution in [2.75, 3.05) is 0 Å². The summed E-state index contributed by atoms with van der Waals surface area (Å²) in [6.45, 7) is 0. The molecule has 0 amide bonds. The first-order chi connectivity index (χ1) is 13.8. The van der Waals surface area contributed by atoms with Crippen LogP contribution in [0, 0.1) is 0 Å². The Hall–Kier alpha value is -3.45. The van der Waals surface area contributed by atoms with Crippen molar-refractivity contribution in [3.63, 3.8) is 0 Å². The van der Waals surface area contributed by atoms with Gasteiger partial charge in [-0.15, -0.1) is 0 Å². The van der Waals surface area contributed by atoms with Crippen LogP contribution < -0.4 is 0 Å². The number of halogens is 1. The van der Waals surface area contributed by atoms with Gasteiger partial charge in [0.05, 0.1) is 23.5 Å². The Morgan fingerprint density at radius 1 is 0.893 bits per heavy atom. The molecule has 0 atom stereocenters. The lowest BCUT2D eigenvalue weighted by Crippen LogP contribution is -1.84. The van der Waals surface area contributed by atoms with Crippen molar-refractivity contribution in [1.82, 2.24) is 9.97 Å². The maximum atomic E-state index is 5.99. The van der Waals surface area contributed by atoms with E-state index < -0.39 is 0 Å². The Kier molecular flexibility index (Phi) is 4.14. The topological polar surface area (TPSA) is 77.6 Å². The van der Waals surface area contributed by atoms with E-state index in [1.54, 1.807) is 24.8 Å². The van der Waals surface area contributed by atoms with Crippen LogP contribution >= 0.6 is 15.9 Å². The van der Waals surface area contributed by atoms with Crippen LogP contribution in [0.25, 0.3) is 33.9 Å². The molecule has 6 nitrogen and oxygen atoms in total. The van der Waals surface area contributed by atoms with Crippen molar-refractivity contribution in [2.24, 2.45) is 4.99 Å². The highest BCUT2D eigenvalue weighted by Crippen LogP contribution is 2.43. The van der Waals surface area contributed by atoms with Gasteiger partial charge in [-0.3, -0.25) is 0 Å². The fraction of sp³-hybridized carbons (Fsp3) is 0. The molecule has 5 aromatic rings. The molecule has 1 aromatic carbocycles. The van der Waals surface area contributed by atoms with Gasteiger partial charge < -0.3 is 13.3 Å². The average Bonchev–Trinajstić information content (AvgIpc) is 3.46. The predicted molar refractivity (Wildman–Crippen MR) is 109 cm³/mol. The summed E-state index contributed by atoms with van der Waals surface area (Å²) < 4.78 is 18.2. The highest BCUT2D eigenvalue weighted by Gasteiger charge is 2.24. The highest BCUT2D eigenvalue weighted by molar-refractivity contribution is 9.10. The van der Waals surface area contributed by atoms with E-state index in [-0.39, 0.29) is 0 Å². The van der Waals surface area contributed by atoms with E-state index in [0.717, 1.165) is 10.0 Å². The van der Waals surface area contributed by atoms with Crippen molar-refractivity contribution in [1.29, 1.82) is 0 Å². The molecule has 28 heavy (non-hydrogen) atoms.